The molecular formula is C17H27N3OS. The van der Waals surface area contributed by atoms with E-state index in [9.17, 15) is 4.79 Å². The maximum Gasteiger partial charge on any atom is 0.265 e. The molecule has 3 rings (SSSR count). The molecule has 0 atom stereocenters. The Balaban J connectivity index is 1.60. The number of aromatic nitrogens is 1. The summed E-state index contributed by atoms with van der Waals surface area (Å²) in [7, 11) is 0. The Labute approximate surface area is 137 Å². The van der Waals surface area contributed by atoms with E-state index >= 15 is 0 Å². The van der Waals surface area contributed by atoms with Crippen LogP contribution in [-0.4, -0.2) is 53.4 Å². The number of thiazole rings is 1. The highest BCUT2D eigenvalue weighted by Crippen LogP contribution is 2.24. The van der Waals surface area contributed by atoms with Crippen molar-refractivity contribution in [1.29, 1.82) is 0 Å². The molecule has 2 aliphatic rings. The van der Waals surface area contributed by atoms with Crippen molar-refractivity contribution in [2.45, 2.75) is 46.0 Å². The third kappa shape index (κ3) is 3.69. The molecule has 2 fully saturated rings. The smallest absolute Gasteiger partial charge is 0.265 e. The number of rotatable bonds is 4. The molecule has 0 N–H and O–H groups in total. The van der Waals surface area contributed by atoms with Crippen LogP contribution in [0.2, 0.25) is 0 Å². The first kappa shape index (κ1) is 15.9. The van der Waals surface area contributed by atoms with Gasteiger partial charge >= 0.3 is 0 Å². The zero-order valence-electron chi connectivity index (χ0n) is 13.8. The van der Waals surface area contributed by atoms with Crippen LogP contribution in [0.3, 0.4) is 0 Å². The van der Waals surface area contributed by atoms with E-state index in [4.69, 9.17) is 0 Å². The number of nitrogens with zero attached hydrogens (tertiary/aromatic N) is 3. The molecule has 1 amide bonds. The van der Waals surface area contributed by atoms with E-state index in [2.05, 4.69) is 16.8 Å². The molecule has 1 aromatic heterocycles. The maximum absolute atomic E-state index is 12.7. The summed E-state index contributed by atoms with van der Waals surface area (Å²) in [6.45, 7) is 9.60. The van der Waals surface area contributed by atoms with Gasteiger partial charge in [0.05, 0.1) is 10.7 Å². The van der Waals surface area contributed by atoms with Gasteiger partial charge in [-0.2, -0.15) is 0 Å². The Morgan fingerprint density at radius 2 is 1.91 bits per heavy atom. The molecule has 4 nitrogen and oxygen atoms in total. The van der Waals surface area contributed by atoms with Crippen molar-refractivity contribution in [3.63, 3.8) is 0 Å². The standard InChI is InChI=1S/C17H27N3OS/c1-13-5-11-20(12-6-13)17(21)16-14(2)18-15(22-16)7-10-19-8-3-4-9-19/h13H,3-12H2,1-2H3. The van der Waals surface area contributed by atoms with Crippen LogP contribution in [0, 0.1) is 12.8 Å². The van der Waals surface area contributed by atoms with Crippen LogP contribution < -0.4 is 0 Å². The first-order valence-corrected chi connectivity index (χ1v) is 9.43. The van der Waals surface area contributed by atoms with Crippen molar-refractivity contribution < 1.29 is 4.79 Å². The summed E-state index contributed by atoms with van der Waals surface area (Å²) in [6.07, 6.45) is 5.90. The zero-order valence-corrected chi connectivity index (χ0v) is 14.6. The topological polar surface area (TPSA) is 36.4 Å². The van der Waals surface area contributed by atoms with Gasteiger partial charge in [-0.05, 0) is 51.6 Å². The van der Waals surface area contributed by atoms with Gasteiger partial charge in [-0.1, -0.05) is 6.92 Å². The normalized spacial score (nSPS) is 20.7. The van der Waals surface area contributed by atoms with Crippen LogP contribution in [0.25, 0.3) is 0 Å². The number of carbonyl (C=O) groups excluding carboxylic acids is 1. The van der Waals surface area contributed by atoms with Gasteiger partial charge in [0.15, 0.2) is 0 Å². The van der Waals surface area contributed by atoms with Crippen LogP contribution in [0.5, 0.6) is 0 Å². The Morgan fingerprint density at radius 1 is 1.23 bits per heavy atom. The predicted molar refractivity (Wildman–Crippen MR) is 90.5 cm³/mol. The molecule has 0 aliphatic carbocycles. The van der Waals surface area contributed by atoms with E-state index in [0.29, 0.717) is 0 Å². The van der Waals surface area contributed by atoms with Gasteiger partial charge < -0.3 is 9.80 Å². The van der Waals surface area contributed by atoms with E-state index in [1.165, 1.54) is 25.9 Å². The average molecular weight is 321 g/mol. The lowest BCUT2D eigenvalue weighted by Gasteiger charge is -2.30. The van der Waals surface area contributed by atoms with E-state index in [-0.39, 0.29) is 5.91 Å². The van der Waals surface area contributed by atoms with E-state index in [0.717, 1.165) is 60.4 Å². The lowest BCUT2D eigenvalue weighted by atomic mass is 9.99. The summed E-state index contributed by atoms with van der Waals surface area (Å²) in [4.78, 5) is 22.7. The highest BCUT2D eigenvalue weighted by Gasteiger charge is 2.25. The molecule has 5 heteroatoms. The molecular weight excluding hydrogens is 294 g/mol. The Bertz CT molecular complexity index is 514. The molecule has 1 aromatic rings. The molecule has 0 saturated carbocycles. The summed E-state index contributed by atoms with van der Waals surface area (Å²) < 4.78 is 0. The number of likely N-dealkylation sites (tertiary alicyclic amines) is 2. The van der Waals surface area contributed by atoms with Gasteiger partial charge in [0, 0.05) is 26.1 Å². The first-order chi connectivity index (χ1) is 10.6. The quantitative estimate of drug-likeness (QED) is 0.855. The van der Waals surface area contributed by atoms with Crippen LogP contribution in [0.4, 0.5) is 0 Å². The van der Waals surface area contributed by atoms with Crippen molar-refractivity contribution in [2.75, 3.05) is 32.7 Å². The minimum atomic E-state index is 0.203. The molecule has 2 aliphatic heterocycles. The molecule has 122 valence electrons. The SMILES string of the molecule is Cc1nc(CCN2CCCC2)sc1C(=O)N1CCC(C)CC1. The molecule has 0 unspecified atom stereocenters. The van der Waals surface area contributed by atoms with Crippen LogP contribution in [0.1, 0.15) is 53.0 Å². The second-order valence-electron chi connectivity index (χ2n) is 6.80. The fraction of sp³-hybridized carbons (Fsp3) is 0.765. The third-order valence-corrected chi connectivity index (χ3v) is 6.15. The largest absolute Gasteiger partial charge is 0.338 e. The first-order valence-electron chi connectivity index (χ1n) is 8.61. The van der Waals surface area contributed by atoms with Gasteiger partial charge in [0.25, 0.3) is 5.91 Å². The van der Waals surface area contributed by atoms with E-state index in [1.807, 2.05) is 11.8 Å². The minimum Gasteiger partial charge on any atom is -0.338 e. The van der Waals surface area contributed by atoms with Gasteiger partial charge in [0.1, 0.15) is 4.88 Å². The number of hydrogen-bond donors (Lipinski definition) is 0. The molecule has 3 heterocycles. The Morgan fingerprint density at radius 3 is 2.59 bits per heavy atom. The van der Waals surface area contributed by atoms with E-state index in [1.54, 1.807) is 11.3 Å². The van der Waals surface area contributed by atoms with Gasteiger partial charge in [-0.25, -0.2) is 4.98 Å². The fourth-order valence-corrected chi connectivity index (χ4v) is 4.39. The number of piperidine rings is 1. The summed E-state index contributed by atoms with van der Waals surface area (Å²) in [5.74, 6) is 0.956. The number of amides is 1. The van der Waals surface area contributed by atoms with Crippen molar-refractivity contribution >= 4 is 17.2 Å². The van der Waals surface area contributed by atoms with Crippen molar-refractivity contribution in [3.05, 3.63) is 15.6 Å². The molecule has 0 aromatic carbocycles. The van der Waals surface area contributed by atoms with Crippen LogP contribution in [0.15, 0.2) is 0 Å². The molecule has 2 saturated heterocycles. The van der Waals surface area contributed by atoms with E-state index < -0.39 is 0 Å². The fourth-order valence-electron chi connectivity index (χ4n) is 3.37. The summed E-state index contributed by atoms with van der Waals surface area (Å²) in [5.41, 5.74) is 0.921. The highest BCUT2D eigenvalue weighted by atomic mass is 32.1. The number of hydrogen-bond acceptors (Lipinski definition) is 4. The van der Waals surface area contributed by atoms with Gasteiger partial charge in [-0.15, -0.1) is 11.3 Å². The zero-order chi connectivity index (χ0) is 15.5. The lowest BCUT2D eigenvalue weighted by Crippen LogP contribution is -2.37. The third-order valence-electron chi connectivity index (χ3n) is 4.95. The number of aryl methyl sites for hydroxylation is 1. The number of carbonyl (C=O) groups is 1. The predicted octanol–water partition coefficient (Wildman–Crippen LogP) is 2.96. The maximum atomic E-state index is 12.7. The van der Waals surface area contributed by atoms with Crippen molar-refractivity contribution in [1.82, 2.24) is 14.8 Å². The average Bonchev–Trinajstić information content (AvgIpc) is 3.14. The molecule has 0 bridgehead atoms. The Hall–Kier alpha value is -0.940. The summed E-state index contributed by atoms with van der Waals surface area (Å²) >= 11 is 1.62. The van der Waals surface area contributed by atoms with Crippen molar-refractivity contribution in [2.24, 2.45) is 5.92 Å². The summed E-state index contributed by atoms with van der Waals surface area (Å²) in [6, 6.07) is 0. The van der Waals surface area contributed by atoms with Gasteiger partial charge in [0.2, 0.25) is 0 Å². The Kier molecular flexibility index (Phi) is 5.14. The van der Waals surface area contributed by atoms with Crippen molar-refractivity contribution in [3.8, 4) is 0 Å². The van der Waals surface area contributed by atoms with Crippen LogP contribution >= 0.6 is 11.3 Å². The highest BCUT2D eigenvalue weighted by molar-refractivity contribution is 7.13. The minimum absolute atomic E-state index is 0.203. The molecule has 22 heavy (non-hydrogen) atoms. The second-order valence-corrected chi connectivity index (χ2v) is 7.88. The summed E-state index contributed by atoms with van der Waals surface area (Å²) in [5, 5.41) is 1.12. The lowest BCUT2D eigenvalue weighted by molar-refractivity contribution is 0.0701. The van der Waals surface area contributed by atoms with Gasteiger partial charge in [-0.3, -0.25) is 4.79 Å². The van der Waals surface area contributed by atoms with Crippen LogP contribution in [-0.2, 0) is 6.42 Å². The second kappa shape index (κ2) is 7.09. The monoisotopic (exact) mass is 321 g/mol. The molecule has 0 radical (unpaired) electrons. The molecule has 0 spiro atoms.